The van der Waals surface area contributed by atoms with Crippen LogP contribution in [0.15, 0.2) is 146 Å². The number of carbonyl (C=O) groups is 2. The minimum absolute atomic E-state index is 0.0489. The molecular weight excluding hydrogens is 1120 g/mol. The van der Waals surface area contributed by atoms with Crippen LogP contribution in [-0.2, 0) is 32.7 Å². The number of esters is 2. The Labute approximate surface area is 547 Å². The molecule has 10 heteroatoms. The minimum Gasteiger partial charge on any atom is -0.462 e. The number of unbranched alkanes of at least 4 members (excludes halogenated alkanes) is 30. The fourth-order valence-corrected chi connectivity index (χ4v) is 10.7. The van der Waals surface area contributed by atoms with Crippen LogP contribution in [0.1, 0.15) is 309 Å². The summed E-state index contributed by atoms with van der Waals surface area (Å²) in [5.74, 6) is -0.825. The Hall–Kier alpha value is -4.11. The molecule has 0 saturated carbocycles. The second-order valence-corrected chi connectivity index (χ2v) is 25.1. The SMILES string of the molecule is CC/C=C\C/C=C\C/C=C\C/C=C\C/C=C\C/C=C\C/C=C\C/C=C\CCCCCCCCCCCCCCCCC(=O)OC(COC(=O)CCCCCCCCCCCCCCCCCC/C=C\C/C=C\C/C=C\C/C=C\CC)COP(=O)(O)OCCN. The highest BCUT2D eigenvalue weighted by molar-refractivity contribution is 7.47. The van der Waals surface area contributed by atoms with E-state index in [4.69, 9.17) is 24.3 Å². The van der Waals surface area contributed by atoms with E-state index < -0.39 is 26.5 Å². The molecule has 0 fully saturated rings. The number of hydrogen-bond donors (Lipinski definition) is 2. The third-order valence-corrected chi connectivity index (χ3v) is 16.2. The van der Waals surface area contributed by atoms with Crippen LogP contribution in [0.25, 0.3) is 0 Å². The van der Waals surface area contributed by atoms with Crippen LogP contribution in [0.2, 0.25) is 0 Å². The summed E-state index contributed by atoms with van der Waals surface area (Å²) in [5, 5.41) is 0. The first-order chi connectivity index (χ1) is 43.8. The van der Waals surface area contributed by atoms with Gasteiger partial charge >= 0.3 is 19.8 Å². The fourth-order valence-electron chi connectivity index (χ4n) is 9.94. The molecule has 0 spiro atoms. The van der Waals surface area contributed by atoms with Gasteiger partial charge in [-0.25, -0.2) is 4.57 Å². The molecule has 0 aromatic heterocycles. The van der Waals surface area contributed by atoms with Crippen molar-refractivity contribution in [3.05, 3.63) is 146 Å². The lowest BCUT2D eigenvalue weighted by Crippen LogP contribution is -2.29. The maximum absolute atomic E-state index is 12.8. The van der Waals surface area contributed by atoms with E-state index in [1.807, 2.05) is 0 Å². The first-order valence-electron chi connectivity index (χ1n) is 36.3. The number of allylic oxidation sites excluding steroid dienone is 24. The van der Waals surface area contributed by atoms with E-state index in [1.54, 1.807) is 0 Å². The first kappa shape index (κ1) is 84.9. The maximum Gasteiger partial charge on any atom is 0.472 e. The quantitative estimate of drug-likeness (QED) is 0.0264. The van der Waals surface area contributed by atoms with E-state index in [2.05, 4.69) is 160 Å². The number of nitrogens with two attached hydrogens (primary N) is 1. The van der Waals surface area contributed by atoms with Gasteiger partial charge in [0, 0.05) is 19.4 Å². The third kappa shape index (κ3) is 72.8. The van der Waals surface area contributed by atoms with Crippen LogP contribution >= 0.6 is 7.82 Å². The maximum atomic E-state index is 12.8. The van der Waals surface area contributed by atoms with Crippen molar-refractivity contribution in [2.45, 2.75) is 315 Å². The topological polar surface area (TPSA) is 134 Å². The smallest absolute Gasteiger partial charge is 0.462 e. The Morgan fingerprint density at radius 3 is 0.865 bits per heavy atom. The van der Waals surface area contributed by atoms with E-state index in [0.29, 0.717) is 6.42 Å². The molecule has 2 atom stereocenters. The van der Waals surface area contributed by atoms with E-state index in [9.17, 15) is 19.0 Å². The van der Waals surface area contributed by atoms with Gasteiger partial charge in [-0.05, 0) is 116 Å². The van der Waals surface area contributed by atoms with Crippen LogP contribution < -0.4 is 5.73 Å². The molecule has 0 rings (SSSR count). The van der Waals surface area contributed by atoms with Gasteiger partial charge in [-0.15, -0.1) is 0 Å². The molecule has 3 N–H and O–H groups in total. The Bertz CT molecular complexity index is 1970. The third-order valence-electron chi connectivity index (χ3n) is 15.2. The minimum atomic E-state index is -4.40. The van der Waals surface area contributed by atoms with Crippen molar-refractivity contribution < 1.29 is 37.6 Å². The number of rotatable bonds is 67. The number of phosphoric ester groups is 1. The van der Waals surface area contributed by atoms with E-state index in [0.717, 1.165) is 116 Å². The second kappa shape index (κ2) is 72.9. The first-order valence-corrected chi connectivity index (χ1v) is 37.8. The fraction of sp³-hybridized carbons (Fsp3) is 0.671. The summed E-state index contributed by atoms with van der Waals surface area (Å²) in [4.78, 5) is 35.4. The monoisotopic (exact) mass is 1260 g/mol. The predicted molar refractivity (Wildman–Crippen MR) is 385 cm³/mol. The Morgan fingerprint density at radius 2 is 0.584 bits per heavy atom. The molecule has 0 aromatic rings. The van der Waals surface area contributed by atoms with Crippen LogP contribution in [-0.4, -0.2) is 49.3 Å². The lowest BCUT2D eigenvalue weighted by atomic mass is 10.0. The zero-order valence-electron chi connectivity index (χ0n) is 57.1. The van der Waals surface area contributed by atoms with Gasteiger partial charge in [-0.2, -0.15) is 0 Å². The van der Waals surface area contributed by atoms with Crippen molar-refractivity contribution in [3.63, 3.8) is 0 Å². The van der Waals surface area contributed by atoms with Gasteiger partial charge in [0.25, 0.3) is 0 Å². The normalized spacial score (nSPS) is 13.8. The van der Waals surface area contributed by atoms with Gasteiger partial charge in [0.1, 0.15) is 6.61 Å². The van der Waals surface area contributed by atoms with Gasteiger partial charge in [0.2, 0.25) is 0 Å². The van der Waals surface area contributed by atoms with Crippen molar-refractivity contribution in [1.29, 1.82) is 0 Å². The van der Waals surface area contributed by atoms with Crippen LogP contribution in [0.3, 0.4) is 0 Å². The Balaban J connectivity index is 3.88. The predicted octanol–water partition coefficient (Wildman–Crippen LogP) is 24.2. The van der Waals surface area contributed by atoms with E-state index >= 15 is 0 Å². The Kier molecular flexibility index (Phi) is 69.6. The average Bonchev–Trinajstić information content (AvgIpc) is 3.68. The van der Waals surface area contributed by atoms with E-state index in [-0.39, 0.29) is 38.6 Å². The van der Waals surface area contributed by atoms with Crippen LogP contribution in [0.5, 0.6) is 0 Å². The summed E-state index contributed by atoms with van der Waals surface area (Å²) in [6.07, 6.45) is 105. The number of ether oxygens (including phenoxy) is 2. The highest BCUT2D eigenvalue weighted by Crippen LogP contribution is 2.43. The standard InChI is InChI=1S/C79H134NO8P/c1-3-5-7-9-11-13-15-17-19-21-23-25-27-29-31-33-34-35-36-37-38-39-40-41-42-44-46-48-50-52-54-56-58-60-62-64-66-68-70-72-79(82)88-77(76-87-89(83,84)86-74-73-80)75-85-78(81)71-69-67-65-63-61-59-57-55-53-51-49-47-45-43-32-30-28-26-24-22-20-18-16-14-12-10-8-6-4-2/h5-8,11-14,17-20,23-26,29,31,34-35,37-38,40-41,77H,3-4,9-10,15-16,21-22,27-28,30,32-33,36,39,42-76,80H2,1-2H3,(H,83,84)/b7-5-,8-6-,13-11-,14-12-,19-17-,20-18-,25-23-,26-24-,31-29-,35-34-,38-37-,41-40-. The van der Waals surface area contributed by atoms with Crippen molar-refractivity contribution in [3.8, 4) is 0 Å². The molecule has 0 aliphatic rings. The van der Waals surface area contributed by atoms with Crippen LogP contribution in [0.4, 0.5) is 0 Å². The molecule has 0 aliphatic carbocycles. The van der Waals surface area contributed by atoms with Gasteiger partial charge in [-0.1, -0.05) is 327 Å². The number of carbonyl (C=O) groups excluding carboxylic acids is 2. The molecule has 508 valence electrons. The van der Waals surface area contributed by atoms with Gasteiger partial charge in [-0.3, -0.25) is 18.6 Å². The lowest BCUT2D eigenvalue weighted by molar-refractivity contribution is -0.161. The summed E-state index contributed by atoms with van der Waals surface area (Å²) in [6, 6.07) is 0. The highest BCUT2D eigenvalue weighted by Gasteiger charge is 2.26. The average molecular weight is 1260 g/mol. The van der Waals surface area contributed by atoms with Crippen molar-refractivity contribution >= 4 is 19.8 Å². The summed E-state index contributed by atoms with van der Waals surface area (Å²) in [6.45, 7) is 3.54. The molecule has 0 radical (unpaired) electrons. The van der Waals surface area contributed by atoms with Crippen LogP contribution in [0, 0.1) is 0 Å². The summed E-state index contributed by atoms with van der Waals surface area (Å²) in [7, 11) is -4.40. The van der Waals surface area contributed by atoms with Crippen molar-refractivity contribution in [2.75, 3.05) is 26.4 Å². The highest BCUT2D eigenvalue weighted by atomic mass is 31.2. The van der Waals surface area contributed by atoms with Gasteiger partial charge in [0.15, 0.2) is 6.10 Å². The van der Waals surface area contributed by atoms with Gasteiger partial charge < -0.3 is 20.1 Å². The lowest BCUT2D eigenvalue weighted by Gasteiger charge is -2.19. The molecular formula is C79H134NO8P. The zero-order chi connectivity index (χ0) is 64.4. The van der Waals surface area contributed by atoms with Gasteiger partial charge in [0.05, 0.1) is 13.2 Å². The molecule has 0 saturated heterocycles. The largest absolute Gasteiger partial charge is 0.472 e. The number of phosphoric acid groups is 1. The molecule has 0 aliphatic heterocycles. The molecule has 9 nitrogen and oxygen atoms in total. The summed E-state index contributed by atoms with van der Waals surface area (Å²) < 4.78 is 33.2. The molecule has 0 bridgehead atoms. The zero-order valence-corrected chi connectivity index (χ0v) is 58.0. The second-order valence-electron chi connectivity index (χ2n) is 23.7. The van der Waals surface area contributed by atoms with Crippen molar-refractivity contribution in [2.24, 2.45) is 5.73 Å². The number of hydrogen-bond acceptors (Lipinski definition) is 8. The molecule has 0 heterocycles. The van der Waals surface area contributed by atoms with E-state index in [1.165, 1.54) is 161 Å². The van der Waals surface area contributed by atoms with Crippen molar-refractivity contribution in [1.82, 2.24) is 0 Å². The Morgan fingerprint density at radius 1 is 0.337 bits per heavy atom. The summed E-state index contributed by atoms with van der Waals surface area (Å²) >= 11 is 0. The molecule has 89 heavy (non-hydrogen) atoms. The molecule has 0 amide bonds. The molecule has 0 aromatic carbocycles. The summed E-state index contributed by atoms with van der Waals surface area (Å²) in [5.41, 5.74) is 5.41. The molecule has 2 unspecified atom stereocenters.